The Labute approximate surface area is 249 Å². The number of carbonyl (C=O) groups is 2. The lowest BCUT2D eigenvalue weighted by Crippen LogP contribution is -2.52. The molecule has 1 atom stereocenters. The molecule has 0 radical (unpaired) electrons. The minimum absolute atomic E-state index is 0.0762. The molecule has 1 fully saturated rings. The lowest BCUT2D eigenvalue weighted by Gasteiger charge is -2.33. The van der Waals surface area contributed by atoms with E-state index in [1.54, 1.807) is 55.5 Å². The zero-order valence-corrected chi connectivity index (χ0v) is 25.7. The van der Waals surface area contributed by atoms with Crippen LogP contribution in [0.1, 0.15) is 56.2 Å². The zero-order valence-electron chi connectivity index (χ0n) is 24.9. The second-order valence-electron chi connectivity index (χ2n) is 10.9. The van der Waals surface area contributed by atoms with Crippen molar-refractivity contribution in [3.8, 4) is 5.75 Å². The van der Waals surface area contributed by atoms with E-state index in [1.807, 2.05) is 45.0 Å². The molecule has 2 amide bonds. The summed E-state index contributed by atoms with van der Waals surface area (Å²) in [6.07, 6.45) is 3.98. The van der Waals surface area contributed by atoms with Crippen molar-refractivity contribution in [3.05, 3.63) is 89.5 Å². The van der Waals surface area contributed by atoms with Gasteiger partial charge in [0.2, 0.25) is 11.8 Å². The molecule has 4 rings (SSSR count). The number of benzene rings is 3. The predicted molar refractivity (Wildman–Crippen MR) is 165 cm³/mol. The van der Waals surface area contributed by atoms with E-state index >= 15 is 0 Å². The Balaban J connectivity index is 1.69. The summed E-state index contributed by atoms with van der Waals surface area (Å²) in [6, 6.07) is 20.1. The highest BCUT2D eigenvalue weighted by molar-refractivity contribution is 7.92. The van der Waals surface area contributed by atoms with Crippen LogP contribution in [-0.4, -0.2) is 50.4 Å². The number of amides is 2. The van der Waals surface area contributed by atoms with Gasteiger partial charge in [-0.3, -0.25) is 13.9 Å². The highest BCUT2D eigenvalue weighted by Gasteiger charge is 2.33. The molecule has 0 heterocycles. The summed E-state index contributed by atoms with van der Waals surface area (Å²) in [5, 5.41) is 3.10. The molecule has 0 bridgehead atoms. The number of aryl methyl sites for hydroxylation is 2. The van der Waals surface area contributed by atoms with Crippen LogP contribution < -0.4 is 14.4 Å². The van der Waals surface area contributed by atoms with E-state index < -0.39 is 28.5 Å². The average Bonchev–Trinajstić information content (AvgIpc) is 3.49. The maximum atomic E-state index is 14.1. The summed E-state index contributed by atoms with van der Waals surface area (Å²) in [4.78, 5) is 29.1. The fourth-order valence-corrected chi connectivity index (χ4v) is 6.60. The first-order valence-electron chi connectivity index (χ1n) is 14.6. The molecule has 0 aromatic heterocycles. The minimum atomic E-state index is -4.13. The van der Waals surface area contributed by atoms with Gasteiger partial charge in [0.15, 0.2) is 0 Å². The van der Waals surface area contributed by atoms with Gasteiger partial charge in [0.25, 0.3) is 10.0 Å². The molecule has 0 unspecified atom stereocenters. The van der Waals surface area contributed by atoms with Gasteiger partial charge in [0, 0.05) is 12.6 Å². The molecule has 0 spiro atoms. The van der Waals surface area contributed by atoms with E-state index in [2.05, 4.69) is 5.32 Å². The van der Waals surface area contributed by atoms with Crippen molar-refractivity contribution in [2.75, 3.05) is 17.5 Å². The van der Waals surface area contributed by atoms with Crippen molar-refractivity contribution < 1.29 is 22.7 Å². The number of nitrogens with zero attached hydrogens (tertiary/aromatic N) is 2. The number of hydrogen-bond acceptors (Lipinski definition) is 5. The smallest absolute Gasteiger partial charge is 0.264 e. The lowest BCUT2D eigenvalue weighted by molar-refractivity contribution is -0.139. The molecule has 1 aliphatic rings. The molecule has 0 aliphatic heterocycles. The summed E-state index contributed by atoms with van der Waals surface area (Å²) < 4.78 is 34.7. The van der Waals surface area contributed by atoms with Crippen LogP contribution in [0.4, 0.5) is 5.69 Å². The summed E-state index contributed by atoms with van der Waals surface area (Å²) >= 11 is 0. The van der Waals surface area contributed by atoms with Gasteiger partial charge < -0.3 is 15.0 Å². The van der Waals surface area contributed by atoms with Crippen LogP contribution in [0.2, 0.25) is 0 Å². The molecule has 9 heteroatoms. The molecule has 8 nitrogen and oxygen atoms in total. The van der Waals surface area contributed by atoms with Gasteiger partial charge in [0.05, 0.1) is 17.2 Å². The first kappa shape index (κ1) is 31.1. The van der Waals surface area contributed by atoms with Crippen LogP contribution in [-0.2, 0) is 26.2 Å². The van der Waals surface area contributed by atoms with Crippen LogP contribution >= 0.6 is 0 Å². The van der Waals surface area contributed by atoms with E-state index in [-0.39, 0.29) is 23.4 Å². The SMILES string of the molecule is CCOc1ccc(N(CC(=O)N(Cc2ccccc2C)[C@@H](C)C(=O)NC2CCCC2)S(=O)(=O)c2ccc(C)cc2)cc1. The fraction of sp³-hybridized carbons (Fsp3) is 0.394. The van der Waals surface area contributed by atoms with Crippen molar-refractivity contribution in [2.45, 2.75) is 76.9 Å². The quantitative estimate of drug-likeness (QED) is 0.305. The van der Waals surface area contributed by atoms with Gasteiger partial charge in [-0.1, -0.05) is 54.8 Å². The Morgan fingerprint density at radius 1 is 0.952 bits per heavy atom. The molecule has 1 saturated carbocycles. The van der Waals surface area contributed by atoms with Crippen LogP contribution in [0.3, 0.4) is 0 Å². The number of anilines is 1. The Morgan fingerprint density at radius 3 is 2.21 bits per heavy atom. The molecule has 1 N–H and O–H groups in total. The number of nitrogens with one attached hydrogen (secondary N) is 1. The first-order chi connectivity index (χ1) is 20.1. The van der Waals surface area contributed by atoms with Crippen LogP contribution in [0, 0.1) is 13.8 Å². The van der Waals surface area contributed by atoms with Crippen molar-refractivity contribution in [2.24, 2.45) is 0 Å². The van der Waals surface area contributed by atoms with Crippen molar-refractivity contribution in [1.82, 2.24) is 10.2 Å². The van der Waals surface area contributed by atoms with E-state index in [0.717, 1.165) is 46.7 Å². The Bertz CT molecular complexity index is 1470. The Hall–Kier alpha value is -3.85. The predicted octanol–water partition coefficient (Wildman–Crippen LogP) is 5.37. The van der Waals surface area contributed by atoms with Gasteiger partial charge in [-0.25, -0.2) is 8.42 Å². The van der Waals surface area contributed by atoms with E-state index in [9.17, 15) is 18.0 Å². The van der Waals surface area contributed by atoms with E-state index in [0.29, 0.717) is 18.0 Å². The van der Waals surface area contributed by atoms with Gasteiger partial charge in [-0.05, 0) is 88.1 Å². The van der Waals surface area contributed by atoms with Gasteiger partial charge in [0.1, 0.15) is 18.3 Å². The van der Waals surface area contributed by atoms with Crippen molar-refractivity contribution in [1.29, 1.82) is 0 Å². The monoisotopic (exact) mass is 591 g/mol. The van der Waals surface area contributed by atoms with Crippen molar-refractivity contribution >= 4 is 27.5 Å². The number of rotatable bonds is 12. The first-order valence-corrected chi connectivity index (χ1v) is 16.0. The van der Waals surface area contributed by atoms with Crippen LogP contribution in [0.5, 0.6) is 5.75 Å². The standard InChI is InChI=1S/C33H41N3O5S/c1-5-41-30-18-16-29(17-19-30)36(42(39,40)31-20-14-24(2)15-21-31)23-32(37)35(22-27-11-7-6-10-25(27)3)26(4)33(38)34-28-12-8-9-13-28/h6-7,10-11,14-21,26,28H,5,8-9,12-13,22-23H2,1-4H3,(H,34,38)/t26-/m0/s1. The lowest BCUT2D eigenvalue weighted by atomic mass is 10.1. The Kier molecular flexibility index (Phi) is 10.3. The van der Waals surface area contributed by atoms with Crippen molar-refractivity contribution in [3.63, 3.8) is 0 Å². The molecule has 3 aromatic rings. The van der Waals surface area contributed by atoms with Crippen LogP contribution in [0.25, 0.3) is 0 Å². The van der Waals surface area contributed by atoms with Gasteiger partial charge in [-0.2, -0.15) is 0 Å². The maximum Gasteiger partial charge on any atom is 0.264 e. The number of sulfonamides is 1. The third-order valence-corrected chi connectivity index (χ3v) is 9.58. The number of carbonyl (C=O) groups excluding carboxylic acids is 2. The zero-order chi connectivity index (χ0) is 30.3. The summed E-state index contributed by atoms with van der Waals surface area (Å²) in [7, 11) is -4.13. The molecular formula is C33H41N3O5S. The molecular weight excluding hydrogens is 550 g/mol. The molecule has 3 aromatic carbocycles. The summed E-state index contributed by atoms with van der Waals surface area (Å²) in [6.45, 7) is 7.58. The van der Waals surface area contributed by atoms with Gasteiger partial charge in [-0.15, -0.1) is 0 Å². The average molecular weight is 592 g/mol. The second kappa shape index (κ2) is 13.9. The van der Waals surface area contributed by atoms with Gasteiger partial charge >= 0.3 is 0 Å². The summed E-state index contributed by atoms with van der Waals surface area (Å²) in [5.41, 5.74) is 3.12. The molecule has 224 valence electrons. The Morgan fingerprint density at radius 2 is 1.60 bits per heavy atom. The van der Waals surface area contributed by atoms with Crippen LogP contribution in [0.15, 0.2) is 77.7 Å². The van der Waals surface area contributed by atoms with E-state index in [1.165, 1.54) is 4.90 Å². The molecule has 0 saturated heterocycles. The third-order valence-electron chi connectivity index (χ3n) is 7.79. The topological polar surface area (TPSA) is 96.0 Å². The maximum absolute atomic E-state index is 14.1. The normalized spacial score (nSPS) is 14.3. The third kappa shape index (κ3) is 7.50. The number of hydrogen-bond donors (Lipinski definition) is 1. The highest BCUT2D eigenvalue weighted by Crippen LogP contribution is 2.27. The molecule has 42 heavy (non-hydrogen) atoms. The molecule has 1 aliphatic carbocycles. The minimum Gasteiger partial charge on any atom is -0.494 e. The fourth-order valence-electron chi connectivity index (χ4n) is 5.19. The van der Waals surface area contributed by atoms with E-state index in [4.69, 9.17) is 4.74 Å². The highest BCUT2D eigenvalue weighted by atomic mass is 32.2. The largest absolute Gasteiger partial charge is 0.494 e. The number of ether oxygens (including phenoxy) is 1. The summed E-state index contributed by atoms with van der Waals surface area (Å²) in [5.74, 6) is -0.117. The second-order valence-corrected chi connectivity index (χ2v) is 12.7.